The predicted octanol–water partition coefficient (Wildman–Crippen LogP) is 2.42. The molecular formula is C13H20N2S. The second-order valence-electron chi connectivity index (χ2n) is 4.92. The quantitative estimate of drug-likeness (QED) is 0.848. The Labute approximate surface area is 102 Å². The first-order valence-electron chi connectivity index (χ1n) is 6.45. The largest absolute Gasteiger partial charge is 0.308 e. The molecule has 2 aliphatic rings. The maximum absolute atomic E-state index is 3.67. The van der Waals surface area contributed by atoms with Crippen LogP contribution in [-0.4, -0.2) is 31.1 Å². The van der Waals surface area contributed by atoms with Gasteiger partial charge in [-0.15, -0.1) is 11.3 Å². The van der Waals surface area contributed by atoms with Gasteiger partial charge in [-0.1, -0.05) is 6.42 Å². The van der Waals surface area contributed by atoms with E-state index in [-0.39, 0.29) is 0 Å². The van der Waals surface area contributed by atoms with E-state index < -0.39 is 0 Å². The summed E-state index contributed by atoms with van der Waals surface area (Å²) in [5.41, 5.74) is 1.57. The molecule has 0 radical (unpaired) electrons. The molecule has 0 amide bonds. The Morgan fingerprint density at radius 2 is 2.19 bits per heavy atom. The molecule has 1 saturated heterocycles. The molecule has 0 aromatic carbocycles. The molecule has 0 saturated carbocycles. The Hall–Kier alpha value is -0.380. The zero-order chi connectivity index (χ0) is 10.8. The van der Waals surface area contributed by atoms with Crippen molar-refractivity contribution in [1.29, 1.82) is 0 Å². The minimum Gasteiger partial charge on any atom is -0.308 e. The lowest BCUT2D eigenvalue weighted by Crippen LogP contribution is -2.40. The van der Waals surface area contributed by atoms with Crippen LogP contribution in [0.4, 0.5) is 0 Å². The number of nitrogens with one attached hydrogen (secondary N) is 1. The van der Waals surface area contributed by atoms with Gasteiger partial charge >= 0.3 is 0 Å². The van der Waals surface area contributed by atoms with Crippen molar-refractivity contribution < 1.29 is 0 Å². The summed E-state index contributed by atoms with van der Waals surface area (Å²) in [5.74, 6) is 0. The fraction of sp³-hybridized carbons (Fsp3) is 0.692. The van der Waals surface area contributed by atoms with E-state index in [0.29, 0.717) is 6.04 Å². The number of hydrogen-bond donors (Lipinski definition) is 1. The number of thiophene rings is 1. The zero-order valence-corrected chi connectivity index (χ0v) is 10.6. The zero-order valence-electron chi connectivity index (χ0n) is 9.74. The Kier molecular flexibility index (Phi) is 3.27. The lowest BCUT2D eigenvalue weighted by molar-refractivity contribution is 0.203. The van der Waals surface area contributed by atoms with E-state index in [2.05, 4.69) is 21.7 Å². The summed E-state index contributed by atoms with van der Waals surface area (Å²) in [7, 11) is 0. The van der Waals surface area contributed by atoms with Gasteiger partial charge in [0.15, 0.2) is 0 Å². The van der Waals surface area contributed by atoms with E-state index >= 15 is 0 Å². The predicted molar refractivity (Wildman–Crippen MR) is 69.1 cm³/mol. The molecule has 0 spiro atoms. The number of likely N-dealkylation sites (tertiary alicyclic amines) is 1. The first-order chi connectivity index (χ1) is 7.93. The van der Waals surface area contributed by atoms with Crippen molar-refractivity contribution in [1.82, 2.24) is 10.2 Å². The van der Waals surface area contributed by atoms with Crippen LogP contribution in [0.1, 0.15) is 35.7 Å². The molecule has 0 bridgehead atoms. The molecule has 88 valence electrons. The summed E-state index contributed by atoms with van der Waals surface area (Å²) in [4.78, 5) is 4.24. The van der Waals surface area contributed by atoms with Crippen LogP contribution in [0.5, 0.6) is 0 Å². The first kappa shape index (κ1) is 10.8. The van der Waals surface area contributed by atoms with Crippen LogP contribution >= 0.6 is 11.3 Å². The standard InChI is InChI=1S/C13H20N2S/c1-2-7-15(8-3-1)10-12-11-5-9-16-13(11)4-6-14-12/h5,9,12,14H,1-4,6-8,10H2. The van der Waals surface area contributed by atoms with Crippen molar-refractivity contribution >= 4 is 11.3 Å². The van der Waals surface area contributed by atoms with Crippen molar-refractivity contribution in [2.45, 2.75) is 31.7 Å². The minimum absolute atomic E-state index is 0.591. The third-order valence-corrected chi connectivity index (χ3v) is 4.78. The maximum atomic E-state index is 3.67. The molecule has 0 aliphatic carbocycles. The molecule has 2 nitrogen and oxygen atoms in total. The van der Waals surface area contributed by atoms with Gasteiger partial charge in [0, 0.05) is 24.0 Å². The fourth-order valence-corrected chi connectivity index (χ4v) is 3.84. The average molecular weight is 236 g/mol. The molecule has 1 aromatic rings. The number of rotatable bonds is 2. The molecule has 1 unspecified atom stereocenters. The van der Waals surface area contributed by atoms with Crippen LogP contribution in [0.25, 0.3) is 0 Å². The highest BCUT2D eigenvalue weighted by molar-refractivity contribution is 7.10. The molecular weight excluding hydrogens is 216 g/mol. The van der Waals surface area contributed by atoms with Gasteiger partial charge in [0.1, 0.15) is 0 Å². The SMILES string of the molecule is c1cc2c(s1)CCNC2CN1CCCCC1. The van der Waals surface area contributed by atoms with Gasteiger partial charge in [0.2, 0.25) is 0 Å². The molecule has 3 heterocycles. The summed E-state index contributed by atoms with van der Waals surface area (Å²) >= 11 is 1.93. The molecule has 1 aromatic heterocycles. The topological polar surface area (TPSA) is 15.3 Å². The average Bonchev–Trinajstić information content (AvgIpc) is 2.80. The number of piperidine rings is 1. The lowest BCUT2D eigenvalue weighted by atomic mass is 10.0. The number of nitrogens with zero attached hydrogens (tertiary/aromatic N) is 1. The van der Waals surface area contributed by atoms with Crippen LogP contribution in [-0.2, 0) is 6.42 Å². The Bertz CT molecular complexity index is 341. The van der Waals surface area contributed by atoms with Crippen molar-refractivity contribution in [2.24, 2.45) is 0 Å². The van der Waals surface area contributed by atoms with Crippen LogP contribution < -0.4 is 5.32 Å². The third-order valence-electron chi connectivity index (χ3n) is 3.79. The normalized spacial score (nSPS) is 26.6. The van der Waals surface area contributed by atoms with E-state index in [0.717, 1.165) is 6.54 Å². The van der Waals surface area contributed by atoms with Gasteiger partial charge in [-0.25, -0.2) is 0 Å². The van der Waals surface area contributed by atoms with E-state index in [1.807, 2.05) is 11.3 Å². The van der Waals surface area contributed by atoms with Crippen molar-refractivity contribution in [3.8, 4) is 0 Å². The van der Waals surface area contributed by atoms with E-state index in [9.17, 15) is 0 Å². The Morgan fingerprint density at radius 3 is 3.06 bits per heavy atom. The molecule has 1 N–H and O–H groups in total. The molecule has 2 aliphatic heterocycles. The second-order valence-corrected chi connectivity index (χ2v) is 5.92. The van der Waals surface area contributed by atoms with Crippen LogP contribution in [0, 0.1) is 0 Å². The number of fused-ring (bicyclic) bond motifs is 1. The molecule has 1 atom stereocenters. The molecule has 16 heavy (non-hydrogen) atoms. The minimum atomic E-state index is 0.591. The van der Waals surface area contributed by atoms with Crippen molar-refractivity contribution in [2.75, 3.05) is 26.2 Å². The van der Waals surface area contributed by atoms with Gasteiger partial charge in [0.05, 0.1) is 0 Å². The monoisotopic (exact) mass is 236 g/mol. The summed E-state index contributed by atoms with van der Waals surface area (Å²) in [6.07, 6.45) is 5.44. The third kappa shape index (κ3) is 2.17. The van der Waals surface area contributed by atoms with E-state index in [4.69, 9.17) is 0 Å². The van der Waals surface area contributed by atoms with Crippen molar-refractivity contribution in [3.63, 3.8) is 0 Å². The Morgan fingerprint density at radius 1 is 1.31 bits per heavy atom. The summed E-state index contributed by atoms with van der Waals surface area (Å²) in [5, 5.41) is 5.92. The lowest BCUT2D eigenvalue weighted by Gasteiger charge is -2.33. The van der Waals surface area contributed by atoms with Gasteiger partial charge in [-0.3, -0.25) is 0 Å². The molecule has 3 rings (SSSR count). The van der Waals surface area contributed by atoms with Gasteiger partial charge in [-0.2, -0.15) is 0 Å². The number of hydrogen-bond acceptors (Lipinski definition) is 3. The van der Waals surface area contributed by atoms with Gasteiger partial charge < -0.3 is 10.2 Å². The van der Waals surface area contributed by atoms with E-state index in [1.165, 1.54) is 45.3 Å². The Balaban J connectivity index is 1.67. The van der Waals surface area contributed by atoms with Crippen LogP contribution in [0.2, 0.25) is 0 Å². The first-order valence-corrected chi connectivity index (χ1v) is 7.33. The van der Waals surface area contributed by atoms with E-state index in [1.54, 1.807) is 10.4 Å². The highest BCUT2D eigenvalue weighted by atomic mass is 32.1. The fourth-order valence-electron chi connectivity index (χ4n) is 2.90. The second kappa shape index (κ2) is 4.86. The highest BCUT2D eigenvalue weighted by Gasteiger charge is 2.23. The highest BCUT2D eigenvalue weighted by Crippen LogP contribution is 2.28. The van der Waals surface area contributed by atoms with Gasteiger partial charge in [0.25, 0.3) is 0 Å². The van der Waals surface area contributed by atoms with Crippen LogP contribution in [0.15, 0.2) is 11.4 Å². The molecule has 1 fully saturated rings. The van der Waals surface area contributed by atoms with Crippen LogP contribution in [0.3, 0.4) is 0 Å². The summed E-state index contributed by atoms with van der Waals surface area (Å²) < 4.78 is 0. The maximum Gasteiger partial charge on any atom is 0.0460 e. The summed E-state index contributed by atoms with van der Waals surface area (Å²) in [6.45, 7) is 4.98. The smallest absolute Gasteiger partial charge is 0.0460 e. The van der Waals surface area contributed by atoms with Gasteiger partial charge in [-0.05, 0) is 49.4 Å². The molecule has 3 heteroatoms. The van der Waals surface area contributed by atoms with Crippen molar-refractivity contribution in [3.05, 3.63) is 21.9 Å². The summed E-state index contributed by atoms with van der Waals surface area (Å²) in [6, 6.07) is 2.91.